The molecule has 0 aliphatic carbocycles. The van der Waals surface area contributed by atoms with Gasteiger partial charge in [0, 0.05) is 38.7 Å². The van der Waals surface area contributed by atoms with Gasteiger partial charge < -0.3 is 24.0 Å². The zero-order chi connectivity index (χ0) is 23.8. The topological polar surface area (TPSA) is 68.3 Å². The third-order valence-corrected chi connectivity index (χ3v) is 6.57. The first-order chi connectivity index (χ1) is 16.6. The first-order valence-corrected chi connectivity index (χ1v) is 12.1. The van der Waals surface area contributed by atoms with Crippen LogP contribution in [-0.2, 0) is 20.9 Å². The van der Waals surface area contributed by atoms with Crippen LogP contribution in [0.1, 0.15) is 31.2 Å². The Morgan fingerprint density at radius 2 is 1.79 bits per heavy atom. The van der Waals surface area contributed by atoms with E-state index in [9.17, 15) is 9.59 Å². The number of amides is 2. The van der Waals surface area contributed by atoms with Gasteiger partial charge in [0.2, 0.25) is 5.91 Å². The maximum absolute atomic E-state index is 13.5. The van der Waals surface area contributed by atoms with E-state index in [1.807, 2.05) is 59.5 Å². The van der Waals surface area contributed by atoms with Gasteiger partial charge in [-0.05, 0) is 55.5 Å². The molecular weight excluding hydrogens is 432 g/mol. The minimum absolute atomic E-state index is 0.0175. The largest absolute Gasteiger partial charge is 0.497 e. The van der Waals surface area contributed by atoms with Crippen LogP contribution in [0.3, 0.4) is 0 Å². The van der Waals surface area contributed by atoms with Crippen LogP contribution in [0.4, 0.5) is 0 Å². The number of carbonyl (C=O) groups excluding carboxylic acids is 2. The van der Waals surface area contributed by atoms with Gasteiger partial charge in [0.1, 0.15) is 11.5 Å². The van der Waals surface area contributed by atoms with Gasteiger partial charge in [0.25, 0.3) is 5.91 Å². The summed E-state index contributed by atoms with van der Waals surface area (Å²) in [6, 6.07) is 17.2. The van der Waals surface area contributed by atoms with Gasteiger partial charge in [-0.15, -0.1) is 0 Å². The third-order valence-electron chi connectivity index (χ3n) is 6.57. The molecule has 0 saturated carbocycles. The monoisotopic (exact) mass is 466 g/mol. The van der Waals surface area contributed by atoms with Gasteiger partial charge in [-0.25, -0.2) is 0 Å². The van der Waals surface area contributed by atoms with Crippen molar-refractivity contribution < 1.29 is 23.8 Å². The van der Waals surface area contributed by atoms with E-state index in [1.165, 1.54) is 0 Å². The van der Waals surface area contributed by atoms with E-state index in [-0.39, 0.29) is 30.4 Å². The molecule has 2 aliphatic rings. The lowest BCUT2D eigenvalue weighted by atomic mass is 9.94. The van der Waals surface area contributed by atoms with E-state index in [1.54, 1.807) is 12.0 Å². The molecule has 1 unspecified atom stereocenters. The quantitative estimate of drug-likeness (QED) is 0.566. The highest BCUT2D eigenvalue weighted by Crippen LogP contribution is 2.24. The molecule has 2 aromatic carbocycles. The lowest BCUT2D eigenvalue weighted by Gasteiger charge is -2.35. The second-order valence-electron chi connectivity index (χ2n) is 8.96. The molecule has 2 aliphatic heterocycles. The average molecular weight is 467 g/mol. The Bertz CT molecular complexity index is 937. The van der Waals surface area contributed by atoms with E-state index in [0.29, 0.717) is 44.8 Å². The lowest BCUT2D eigenvalue weighted by molar-refractivity contribution is -0.143. The maximum atomic E-state index is 13.5. The number of likely N-dealkylation sites (tertiary alicyclic amines) is 1. The van der Waals surface area contributed by atoms with Gasteiger partial charge in [-0.3, -0.25) is 9.59 Å². The summed E-state index contributed by atoms with van der Waals surface area (Å²) < 4.78 is 16.8. The number of hydrogen-bond donors (Lipinski definition) is 0. The van der Waals surface area contributed by atoms with Crippen LogP contribution in [0, 0.1) is 5.92 Å². The fourth-order valence-electron chi connectivity index (χ4n) is 4.64. The fourth-order valence-corrected chi connectivity index (χ4v) is 4.64. The number of rotatable bonds is 9. The number of carbonyl (C=O) groups is 2. The highest BCUT2D eigenvalue weighted by molar-refractivity contribution is 5.81. The Morgan fingerprint density at radius 1 is 1.03 bits per heavy atom. The Kier molecular flexibility index (Phi) is 8.41. The van der Waals surface area contributed by atoms with Gasteiger partial charge in [0.05, 0.1) is 13.2 Å². The molecule has 182 valence electrons. The second kappa shape index (κ2) is 11.9. The predicted octanol–water partition coefficient (Wildman–Crippen LogP) is 3.52. The second-order valence-corrected chi connectivity index (χ2v) is 8.96. The molecule has 7 nitrogen and oxygen atoms in total. The van der Waals surface area contributed by atoms with Gasteiger partial charge in [0.15, 0.2) is 6.61 Å². The van der Waals surface area contributed by atoms with Gasteiger partial charge >= 0.3 is 0 Å². The van der Waals surface area contributed by atoms with Gasteiger partial charge in [-0.2, -0.15) is 0 Å². The van der Waals surface area contributed by atoms with Crippen molar-refractivity contribution >= 4 is 11.8 Å². The smallest absolute Gasteiger partial charge is 0.260 e. The molecule has 2 heterocycles. The average Bonchev–Trinajstić information content (AvgIpc) is 3.40. The molecule has 2 fully saturated rings. The minimum Gasteiger partial charge on any atom is -0.497 e. The predicted molar refractivity (Wildman–Crippen MR) is 129 cm³/mol. The summed E-state index contributed by atoms with van der Waals surface area (Å²) in [6.07, 6.45) is 3.44. The molecule has 0 bridgehead atoms. The first-order valence-electron chi connectivity index (χ1n) is 12.1. The molecule has 2 aromatic rings. The summed E-state index contributed by atoms with van der Waals surface area (Å²) in [5.41, 5.74) is 1.04. The van der Waals surface area contributed by atoms with Crippen molar-refractivity contribution in [1.82, 2.24) is 9.80 Å². The molecule has 0 N–H and O–H groups in total. The van der Waals surface area contributed by atoms with Crippen molar-refractivity contribution in [2.24, 2.45) is 5.92 Å². The lowest BCUT2D eigenvalue weighted by Crippen LogP contribution is -2.46. The number of piperidine rings is 1. The maximum Gasteiger partial charge on any atom is 0.260 e. The van der Waals surface area contributed by atoms with Crippen molar-refractivity contribution in [3.8, 4) is 11.5 Å². The van der Waals surface area contributed by atoms with Crippen LogP contribution < -0.4 is 9.47 Å². The molecule has 2 amide bonds. The first kappa shape index (κ1) is 24.1. The normalized spacial score (nSPS) is 18.5. The zero-order valence-electron chi connectivity index (χ0n) is 19.9. The molecule has 2 saturated heterocycles. The SMILES string of the molecule is COc1cccc(CN(CC2CCCO2)C(=O)C2CCN(C(=O)COc3ccccc3)CC2)c1. The number of hydrogen-bond acceptors (Lipinski definition) is 5. The Hall–Kier alpha value is -3.06. The van der Waals surface area contributed by atoms with Crippen molar-refractivity contribution in [2.75, 3.05) is 40.0 Å². The van der Waals surface area contributed by atoms with E-state index in [2.05, 4.69) is 0 Å². The summed E-state index contributed by atoms with van der Waals surface area (Å²) in [5, 5.41) is 0. The molecule has 0 spiro atoms. The molecular formula is C27H34N2O5. The van der Waals surface area contributed by atoms with Crippen LogP contribution in [0.5, 0.6) is 11.5 Å². The molecule has 0 aromatic heterocycles. The number of para-hydroxylation sites is 1. The van der Waals surface area contributed by atoms with E-state index < -0.39 is 0 Å². The molecule has 34 heavy (non-hydrogen) atoms. The Balaban J connectivity index is 1.33. The van der Waals surface area contributed by atoms with Crippen LogP contribution in [-0.4, -0.2) is 67.7 Å². The molecule has 1 atom stereocenters. The third kappa shape index (κ3) is 6.50. The number of methoxy groups -OCH3 is 1. The summed E-state index contributed by atoms with van der Waals surface area (Å²) in [7, 11) is 1.65. The van der Waals surface area contributed by atoms with Crippen molar-refractivity contribution in [3.05, 3.63) is 60.2 Å². The highest BCUT2D eigenvalue weighted by atomic mass is 16.5. The van der Waals surface area contributed by atoms with Crippen LogP contribution in [0.2, 0.25) is 0 Å². The summed E-state index contributed by atoms with van der Waals surface area (Å²) in [4.78, 5) is 29.9. The Morgan fingerprint density at radius 3 is 2.50 bits per heavy atom. The van der Waals surface area contributed by atoms with Crippen LogP contribution in [0.25, 0.3) is 0 Å². The standard InChI is InChI=1S/C27H34N2O5/c1-32-24-10-5-7-21(17-24)18-29(19-25-11-6-16-33-25)27(31)22-12-14-28(15-13-22)26(30)20-34-23-8-3-2-4-9-23/h2-5,7-10,17,22,25H,6,11-16,18-20H2,1H3. The van der Waals surface area contributed by atoms with Crippen LogP contribution in [0.15, 0.2) is 54.6 Å². The minimum atomic E-state index is -0.0916. The Labute approximate surface area is 201 Å². The number of nitrogens with zero attached hydrogens (tertiary/aromatic N) is 2. The van der Waals surface area contributed by atoms with Crippen molar-refractivity contribution in [1.29, 1.82) is 0 Å². The van der Waals surface area contributed by atoms with Gasteiger partial charge in [-0.1, -0.05) is 30.3 Å². The van der Waals surface area contributed by atoms with E-state index in [0.717, 1.165) is 30.8 Å². The fraction of sp³-hybridized carbons (Fsp3) is 0.481. The molecule has 7 heteroatoms. The number of ether oxygens (including phenoxy) is 3. The summed E-state index contributed by atoms with van der Waals surface area (Å²) in [6.45, 7) is 3.04. The van der Waals surface area contributed by atoms with E-state index >= 15 is 0 Å². The summed E-state index contributed by atoms with van der Waals surface area (Å²) >= 11 is 0. The zero-order valence-corrected chi connectivity index (χ0v) is 19.9. The van der Waals surface area contributed by atoms with E-state index in [4.69, 9.17) is 14.2 Å². The van der Waals surface area contributed by atoms with Crippen molar-refractivity contribution in [3.63, 3.8) is 0 Å². The molecule has 0 radical (unpaired) electrons. The number of benzene rings is 2. The van der Waals surface area contributed by atoms with Crippen molar-refractivity contribution in [2.45, 2.75) is 38.3 Å². The summed E-state index contributed by atoms with van der Waals surface area (Å²) in [5.74, 6) is 1.48. The van der Waals surface area contributed by atoms with Crippen LogP contribution >= 0.6 is 0 Å². The highest BCUT2D eigenvalue weighted by Gasteiger charge is 2.32. The molecule has 4 rings (SSSR count).